The first-order chi connectivity index (χ1) is 7.24. The lowest BCUT2D eigenvalue weighted by Gasteiger charge is -2.22. The number of hydrogen-bond donors (Lipinski definition) is 2. The topological polar surface area (TPSA) is 58.6 Å². The van der Waals surface area contributed by atoms with Crippen LogP contribution in [0.3, 0.4) is 0 Å². The third-order valence-corrected chi connectivity index (χ3v) is 1.68. The van der Waals surface area contributed by atoms with Crippen molar-refractivity contribution >= 4 is 6.09 Å². The number of alkyl carbamates (subject to hydrolysis) is 1. The maximum absolute atomic E-state index is 11.5. The molecule has 16 heavy (non-hydrogen) atoms. The van der Waals surface area contributed by atoms with Crippen LogP contribution in [-0.2, 0) is 4.74 Å². The van der Waals surface area contributed by atoms with Crippen molar-refractivity contribution in [3.63, 3.8) is 0 Å². The van der Waals surface area contributed by atoms with E-state index in [9.17, 15) is 4.79 Å². The number of allylic oxidation sites excluding steroid dienone is 1. The van der Waals surface area contributed by atoms with Crippen molar-refractivity contribution in [2.45, 2.75) is 52.7 Å². The molecular weight excluding hydrogens is 206 g/mol. The number of aliphatic hydroxyl groups is 1. The van der Waals surface area contributed by atoms with Gasteiger partial charge in [-0.2, -0.15) is 0 Å². The number of carbonyl (C=O) groups is 1. The van der Waals surface area contributed by atoms with Gasteiger partial charge >= 0.3 is 6.09 Å². The summed E-state index contributed by atoms with van der Waals surface area (Å²) < 4.78 is 5.14. The fourth-order valence-electron chi connectivity index (χ4n) is 1.20. The number of nitrogens with one attached hydrogen (secondary N) is 1. The minimum absolute atomic E-state index is 0.0320. The lowest BCUT2D eigenvalue weighted by Crippen LogP contribution is -2.38. The molecular formula is C12H23NO3. The number of hydrogen-bond acceptors (Lipinski definition) is 3. The SMILES string of the molecule is CC(C)=C[C@@H](CCO)NC(=O)OC(C)(C)C. The first-order valence-corrected chi connectivity index (χ1v) is 5.50. The van der Waals surface area contributed by atoms with Crippen LogP contribution >= 0.6 is 0 Å². The fraction of sp³-hybridized carbons (Fsp3) is 0.750. The molecule has 1 amide bonds. The molecule has 0 saturated carbocycles. The Labute approximate surface area is 97.7 Å². The van der Waals surface area contributed by atoms with Crippen LogP contribution in [0.5, 0.6) is 0 Å². The van der Waals surface area contributed by atoms with E-state index in [2.05, 4.69) is 5.32 Å². The molecule has 4 heteroatoms. The first-order valence-electron chi connectivity index (χ1n) is 5.50. The molecule has 2 N–H and O–H groups in total. The van der Waals surface area contributed by atoms with Crippen molar-refractivity contribution < 1.29 is 14.6 Å². The summed E-state index contributed by atoms with van der Waals surface area (Å²) in [4.78, 5) is 11.5. The Balaban J connectivity index is 4.29. The van der Waals surface area contributed by atoms with Crippen LogP contribution in [0.2, 0.25) is 0 Å². The smallest absolute Gasteiger partial charge is 0.408 e. The van der Waals surface area contributed by atoms with Crippen LogP contribution in [0, 0.1) is 0 Å². The molecule has 94 valence electrons. The molecule has 0 radical (unpaired) electrons. The van der Waals surface area contributed by atoms with Gasteiger partial charge in [0.25, 0.3) is 0 Å². The van der Waals surface area contributed by atoms with E-state index in [1.165, 1.54) is 0 Å². The number of aliphatic hydroxyl groups excluding tert-OH is 1. The van der Waals surface area contributed by atoms with Gasteiger partial charge in [0, 0.05) is 6.61 Å². The van der Waals surface area contributed by atoms with E-state index in [1.54, 1.807) is 0 Å². The zero-order valence-electron chi connectivity index (χ0n) is 10.8. The molecule has 0 aromatic heterocycles. The average molecular weight is 229 g/mol. The van der Waals surface area contributed by atoms with E-state index < -0.39 is 11.7 Å². The summed E-state index contributed by atoms with van der Waals surface area (Å²) in [6.45, 7) is 9.37. The molecule has 0 aliphatic heterocycles. The lowest BCUT2D eigenvalue weighted by molar-refractivity contribution is 0.0509. The van der Waals surface area contributed by atoms with Crippen molar-refractivity contribution in [2.24, 2.45) is 0 Å². The van der Waals surface area contributed by atoms with Gasteiger partial charge < -0.3 is 15.2 Å². The second-order valence-corrected chi connectivity index (χ2v) is 5.01. The van der Waals surface area contributed by atoms with Crippen LogP contribution in [0.1, 0.15) is 41.0 Å². The summed E-state index contributed by atoms with van der Waals surface area (Å²) in [7, 11) is 0. The van der Waals surface area contributed by atoms with Crippen molar-refractivity contribution in [2.75, 3.05) is 6.61 Å². The Morgan fingerprint density at radius 2 is 2.00 bits per heavy atom. The predicted molar refractivity (Wildman–Crippen MR) is 64.3 cm³/mol. The van der Waals surface area contributed by atoms with Gasteiger partial charge in [0.2, 0.25) is 0 Å². The molecule has 0 unspecified atom stereocenters. The van der Waals surface area contributed by atoms with E-state index in [1.807, 2.05) is 40.7 Å². The Hall–Kier alpha value is -1.03. The van der Waals surface area contributed by atoms with Crippen LogP contribution in [0.4, 0.5) is 4.79 Å². The quantitative estimate of drug-likeness (QED) is 0.727. The molecule has 0 fully saturated rings. The van der Waals surface area contributed by atoms with Crippen LogP contribution in [0.15, 0.2) is 11.6 Å². The molecule has 4 nitrogen and oxygen atoms in total. The largest absolute Gasteiger partial charge is 0.444 e. The fourth-order valence-corrected chi connectivity index (χ4v) is 1.20. The van der Waals surface area contributed by atoms with E-state index >= 15 is 0 Å². The van der Waals surface area contributed by atoms with E-state index in [0.29, 0.717) is 6.42 Å². The van der Waals surface area contributed by atoms with Crippen LogP contribution in [-0.4, -0.2) is 29.4 Å². The van der Waals surface area contributed by atoms with Gasteiger partial charge in [0.1, 0.15) is 5.60 Å². The Morgan fingerprint density at radius 1 is 1.44 bits per heavy atom. The van der Waals surface area contributed by atoms with E-state index in [4.69, 9.17) is 9.84 Å². The maximum Gasteiger partial charge on any atom is 0.408 e. The molecule has 0 saturated heterocycles. The number of carbonyl (C=O) groups excluding carboxylic acids is 1. The molecule has 0 aliphatic rings. The minimum atomic E-state index is -0.501. The van der Waals surface area contributed by atoms with E-state index in [0.717, 1.165) is 5.57 Å². The second-order valence-electron chi connectivity index (χ2n) is 5.01. The van der Waals surface area contributed by atoms with E-state index in [-0.39, 0.29) is 12.6 Å². The molecule has 0 rings (SSSR count). The van der Waals surface area contributed by atoms with Gasteiger partial charge in [-0.25, -0.2) is 4.79 Å². The number of rotatable bonds is 4. The second kappa shape index (κ2) is 6.53. The molecule has 0 bridgehead atoms. The van der Waals surface area contributed by atoms with Gasteiger partial charge in [-0.15, -0.1) is 0 Å². The highest BCUT2D eigenvalue weighted by molar-refractivity contribution is 5.68. The summed E-state index contributed by atoms with van der Waals surface area (Å²) in [6, 6.07) is -0.176. The van der Waals surface area contributed by atoms with Crippen molar-refractivity contribution in [1.82, 2.24) is 5.32 Å². The predicted octanol–water partition coefficient (Wildman–Crippen LogP) is 2.23. The number of ether oxygens (including phenoxy) is 1. The van der Waals surface area contributed by atoms with Gasteiger partial charge in [-0.1, -0.05) is 11.6 Å². The first kappa shape index (κ1) is 15.0. The minimum Gasteiger partial charge on any atom is -0.444 e. The normalized spacial score (nSPS) is 12.9. The molecule has 0 spiro atoms. The highest BCUT2D eigenvalue weighted by Gasteiger charge is 2.18. The monoisotopic (exact) mass is 229 g/mol. The molecule has 1 atom stereocenters. The summed E-state index contributed by atoms with van der Waals surface area (Å²) >= 11 is 0. The Kier molecular flexibility index (Phi) is 6.11. The highest BCUT2D eigenvalue weighted by atomic mass is 16.6. The zero-order chi connectivity index (χ0) is 12.8. The summed E-state index contributed by atoms with van der Waals surface area (Å²) in [5.41, 5.74) is 0.591. The van der Waals surface area contributed by atoms with Crippen LogP contribution in [0.25, 0.3) is 0 Å². The maximum atomic E-state index is 11.5. The number of amides is 1. The van der Waals surface area contributed by atoms with Crippen LogP contribution < -0.4 is 5.32 Å². The third kappa shape index (κ3) is 8.29. The summed E-state index contributed by atoms with van der Waals surface area (Å²) in [5, 5.41) is 11.6. The van der Waals surface area contributed by atoms with Gasteiger partial charge in [0.05, 0.1) is 6.04 Å². The Bertz CT molecular complexity index is 249. The zero-order valence-corrected chi connectivity index (χ0v) is 10.8. The van der Waals surface area contributed by atoms with Crippen molar-refractivity contribution in [1.29, 1.82) is 0 Å². The van der Waals surface area contributed by atoms with Gasteiger partial charge in [-0.05, 0) is 41.0 Å². The molecule has 0 aromatic carbocycles. The van der Waals surface area contributed by atoms with Crippen molar-refractivity contribution in [3.8, 4) is 0 Å². The average Bonchev–Trinajstić information content (AvgIpc) is 1.98. The Morgan fingerprint density at radius 3 is 2.38 bits per heavy atom. The van der Waals surface area contributed by atoms with Gasteiger partial charge in [-0.3, -0.25) is 0 Å². The summed E-state index contributed by atoms with van der Waals surface area (Å²) in [5.74, 6) is 0. The van der Waals surface area contributed by atoms with Gasteiger partial charge in [0.15, 0.2) is 0 Å². The highest BCUT2D eigenvalue weighted by Crippen LogP contribution is 2.08. The standard InChI is InChI=1S/C12H23NO3/c1-9(2)8-10(6-7-14)13-11(15)16-12(3,4)5/h8,10,14H,6-7H2,1-5H3,(H,13,15)/t10-/m1/s1. The lowest BCUT2D eigenvalue weighted by atomic mass is 10.1. The molecule has 0 aliphatic carbocycles. The van der Waals surface area contributed by atoms with Crippen molar-refractivity contribution in [3.05, 3.63) is 11.6 Å². The summed E-state index contributed by atoms with van der Waals surface area (Å²) in [6.07, 6.45) is 1.94. The molecule has 0 aromatic rings. The third-order valence-electron chi connectivity index (χ3n) is 1.68. The molecule has 0 heterocycles.